The fraction of sp³-hybridized carbons (Fsp3) is 0.385. The number of sulfonamides is 1. The van der Waals surface area contributed by atoms with Crippen LogP contribution < -0.4 is 16.0 Å². The molecular weight excluding hydrogens is 550 g/mol. The highest BCUT2D eigenvalue weighted by Gasteiger charge is 2.30. The molecule has 0 radical (unpaired) electrons. The lowest BCUT2D eigenvalue weighted by atomic mass is 10.2. The predicted octanol–water partition coefficient (Wildman–Crippen LogP) is 0.839. The molecule has 5 heterocycles. The minimum absolute atomic E-state index is 0.0300. The SMILES string of the molecule is CCCOc1ncc(S(=O)(=O)N2CCN(CC)CC2)cc1-c1nc2c(C(N)=O)n(Cc3ccccn3)nc2c(=O)[nH]1. The number of rotatable bonds is 10. The number of carbonyl (C=O) groups excluding carboxylic acids is 1. The third-order valence-corrected chi connectivity index (χ3v) is 8.67. The Morgan fingerprint density at radius 1 is 1.12 bits per heavy atom. The van der Waals surface area contributed by atoms with Crippen LogP contribution in [0.25, 0.3) is 22.4 Å². The Hall–Kier alpha value is -4.21. The van der Waals surface area contributed by atoms with Crippen LogP contribution in [0.3, 0.4) is 0 Å². The lowest BCUT2D eigenvalue weighted by Crippen LogP contribution is -2.48. The molecule has 0 atom stereocenters. The number of likely N-dealkylation sites (N-methyl/N-ethyl adjacent to an activating group) is 1. The highest BCUT2D eigenvalue weighted by Crippen LogP contribution is 2.30. The molecule has 216 valence electrons. The van der Waals surface area contributed by atoms with Crippen molar-refractivity contribution >= 4 is 27.0 Å². The number of nitrogens with zero attached hydrogens (tertiary/aromatic N) is 7. The van der Waals surface area contributed by atoms with Gasteiger partial charge in [0.15, 0.2) is 11.2 Å². The van der Waals surface area contributed by atoms with Crippen molar-refractivity contribution in [2.24, 2.45) is 5.73 Å². The number of aromatic amines is 1. The molecule has 1 aliphatic heterocycles. The summed E-state index contributed by atoms with van der Waals surface area (Å²) in [6, 6.07) is 6.67. The summed E-state index contributed by atoms with van der Waals surface area (Å²) >= 11 is 0. The molecule has 1 aliphatic rings. The van der Waals surface area contributed by atoms with Gasteiger partial charge in [0.25, 0.3) is 11.5 Å². The lowest BCUT2D eigenvalue weighted by Gasteiger charge is -2.33. The molecular formula is C26H31N9O5S. The summed E-state index contributed by atoms with van der Waals surface area (Å²) in [6.45, 7) is 7.10. The summed E-state index contributed by atoms with van der Waals surface area (Å²) in [5, 5.41) is 4.28. The number of aromatic nitrogens is 6. The van der Waals surface area contributed by atoms with Crippen LogP contribution in [0, 0.1) is 0 Å². The molecule has 0 unspecified atom stereocenters. The second-order valence-corrected chi connectivity index (χ2v) is 11.5. The topological polar surface area (TPSA) is 182 Å². The molecule has 0 aromatic carbocycles. The second-order valence-electron chi connectivity index (χ2n) is 9.51. The van der Waals surface area contributed by atoms with Crippen LogP contribution in [0.5, 0.6) is 5.88 Å². The smallest absolute Gasteiger partial charge is 0.279 e. The van der Waals surface area contributed by atoms with E-state index in [2.05, 4.69) is 29.9 Å². The van der Waals surface area contributed by atoms with E-state index in [1.165, 1.54) is 21.3 Å². The fourth-order valence-electron chi connectivity index (χ4n) is 4.64. The van der Waals surface area contributed by atoms with Gasteiger partial charge in [0.05, 0.1) is 30.6 Å². The molecule has 5 rings (SSSR count). The van der Waals surface area contributed by atoms with Gasteiger partial charge in [-0.1, -0.05) is 19.9 Å². The lowest BCUT2D eigenvalue weighted by molar-refractivity contribution is 0.0992. The number of nitrogens with two attached hydrogens (primary N) is 1. The third-order valence-electron chi connectivity index (χ3n) is 6.81. The maximum absolute atomic E-state index is 13.5. The van der Waals surface area contributed by atoms with Crippen molar-refractivity contribution in [3.63, 3.8) is 0 Å². The van der Waals surface area contributed by atoms with E-state index in [0.717, 1.165) is 6.54 Å². The van der Waals surface area contributed by atoms with Gasteiger partial charge in [-0.2, -0.15) is 9.40 Å². The van der Waals surface area contributed by atoms with Crippen molar-refractivity contribution in [3.05, 3.63) is 58.4 Å². The molecule has 4 aromatic heterocycles. The van der Waals surface area contributed by atoms with Gasteiger partial charge in [0, 0.05) is 32.4 Å². The Morgan fingerprint density at radius 2 is 1.90 bits per heavy atom. The number of fused-ring (bicyclic) bond motifs is 1. The molecule has 3 N–H and O–H groups in total. The average Bonchev–Trinajstić information content (AvgIpc) is 3.35. The first-order valence-corrected chi connectivity index (χ1v) is 14.7. The van der Waals surface area contributed by atoms with Gasteiger partial charge in [-0.15, -0.1) is 0 Å². The van der Waals surface area contributed by atoms with Gasteiger partial charge in [0.2, 0.25) is 15.9 Å². The van der Waals surface area contributed by atoms with E-state index in [0.29, 0.717) is 44.9 Å². The number of ether oxygens (including phenoxy) is 1. The van der Waals surface area contributed by atoms with E-state index in [1.807, 2.05) is 13.8 Å². The van der Waals surface area contributed by atoms with E-state index in [4.69, 9.17) is 10.5 Å². The van der Waals surface area contributed by atoms with Gasteiger partial charge >= 0.3 is 0 Å². The minimum Gasteiger partial charge on any atom is -0.477 e. The number of carbonyl (C=O) groups is 1. The summed E-state index contributed by atoms with van der Waals surface area (Å²) in [6.07, 6.45) is 3.51. The minimum atomic E-state index is -3.89. The van der Waals surface area contributed by atoms with Crippen LogP contribution in [0.1, 0.15) is 36.5 Å². The number of pyridine rings is 2. The fourth-order valence-corrected chi connectivity index (χ4v) is 6.04. The molecule has 14 nitrogen and oxygen atoms in total. The van der Waals surface area contributed by atoms with Crippen LogP contribution in [-0.4, -0.2) is 92.6 Å². The maximum atomic E-state index is 13.5. The van der Waals surface area contributed by atoms with Crippen molar-refractivity contribution in [1.82, 2.24) is 38.9 Å². The third kappa shape index (κ3) is 5.68. The molecule has 41 heavy (non-hydrogen) atoms. The zero-order chi connectivity index (χ0) is 29.1. The van der Waals surface area contributed by atoms with Crippen LogP contribution in [0.15, 0.2) is 46.3 Å². The number of piperazine rings is 1. The summed E-state index contributed by atoms with van der Waals surface area (Å²) < 4.78 is 35.6. The van der Waals surface area contributed by atoms with Crippen molar-refractivity contribution in [3.8, 4) is 17.3 Å². The maximum Gasteiger partial charge on any atom is 0.279 e. The molecule has 1 fully saturated rings. The zero-order valence-corrected chi connectivity index (χ0v) is 23.6. The van der Waals surface area contributed by atoms with Crippen LogP contribution in [-0.2, 0) is 16.6 Å². The van der Waals surface area contributed by atoms with Gasteiger partial charge in [-0.25, -0.2) is 18.4 Å². The van der Waals surface area contributed by atoms with Gasteiger partial charge < -0.3 is 20.4 Å². The summed E-state index contributed by atoms with van der Waals surface area (Å²) in [5.74, 6) is -0.782. The van der Waals surface area contributed by atoms with Crippen LogP contribution in [0.2, 0.25) is 0 Å². The monoisotopic (exact) mass is 581 g/mol. The van der Waals surface area contributed by atoms with E-state index in [9.17, 15) is 18.0 Å². The zero-order valence-electron chi connectivity index (χ0n) is 22.8. The van der Waals surface area contributed by atoms with E-state index in [1.54, 1.807) is 24.4 Å². The Labute approximate surface area is 236 Å². The first-order chi connectivity index (χ1) is 19.7. The molecule has 0 aliphatic carbocycles. The molecule has 4 aromatic rings. The molecule has 0 spiro atoms. The number of amides is 1. The molecule has 1 amide bonds. The van der Waals surface area contributed by atoms with Crippen LogP contribution >= 0.6 is 0 Å². The number of nitrogens with one attached hydrogen (secondary N) is 1. The highest BCUT2D eigenvalue weighted by molar-refractivity contribution is 7.89. The Bertz CT molecular complexity index is 1730. The first kappa shape index (κ1) is 28.3. The van der Waals surface area contributed by atoms with E-state index < -0.39 is 21.5 Å². The van der Waals surface area contributed by atoms with Crippen molar-refractivity contribution < 1.29 is 17.9 Å². The standard InChI is InChI=1S/C26H31N9O5S/c1-3-13-40-26-19(14-18(15-29-26)41(38,39)34-11-9-33(4-2)10-12-34)24-30-20-21(25(37)31-24)32-35(22(20)23(27)36)16-17-7-5-6-8-28-17/h5-8,14-15H,3-4,9-13,16H2,1-2H3,(H2,27,36)(H,30,31,37). The van der Waals surface area contributed by atoms with Gasteiger partial charge in [-0.3, -0.25) is 19.3 Å². The van der Waals surface area contributed by atoms with Gasteiger partial charge in [0.1, 0.15) is 16.2 Å². The Balaban J connectivity index is 1.62. The molecule has 15 heteroatoms. The second kappa shape index (κ2) is 11.7. The number of H-pyrrole nitrogens is 1. The Morgan fingerprint density at radius 3 is 2.56 bits per heavy atom. The number of hydrogen-bond acceptors (Lipinski definition) is 10. The van der Waals surface area contributed by atoms with Crippen molar-refractivity contribution in [1.29, 1.82) is 0 Å². The quantitative estimate of drug-likeness (QED) is 0.272. The number of primary amides is 1. The summed E-state index contributed by atoms with van der Waals surface area (Å²) in [5.41, 5.74) is 5.59. The van der Waals surface area contributed by atoms with E-state index >= 15 is 0 Å². The van der Waals surface area contributed by atoms with Gasteiger partial charge in [-0.05, 0) is 31.2 Å². The summed E-state index contributed by atoms with van der Waals surface area (Å²) in [4.78, 5) is 43.5. The highest BCUT2D eigenvalue weighted by atomic mass is 32.2. The normalized spacial score (nSPS) is 14.9. The van der Waals surface area contributed by atoms with Crippen molar-refractivity contribution in [2.75, 3.05) is 39.3 Å². The molecule has 0 bridgehead atoms. The largest absolute Gasteiger partial charge is 0.477 e. The summed E-state index contributed by atoms with van der Waals surface area (Å²) in [7, 11) is -3.89. The van der Waals surface area contributed by atoms with Crippen molar-refractivity contribution in [2.45, 2.75) is 31.7 Å². The molecule has 0 saturated carbocycles. The van der Waals surface area contributed by atoms with E-state index in [-0.39, 0.29) is 45.4 Å². The van der Waals surface area contributed by atoms with Crippen LogP contribution in [0.4, 0.5) is 0 Å². The predicted molar refractivity (Wildman–Crippen MR) is 150 cm³/mol. The Kier molecular flexibility index (Phi) is 8.10. The molecule has 1 saturated heterocycles. The average molecular weight is 582 g/mol. The first-order valence-electron chi connectivity index (χ1n) is 13.3. The number of hydrogen-bond donors (Lipinski definition) is 2.